The summed E-state index contributed by atoms with van der Waals surface area (Å²) < 4.78 is 11.1. The first-order chi connectivity index (χ1) is 21.6. The Kier molecular flexibility index (Phi) is 33.8. The lowest BCUT2D eigenvalue weighted by atomic mass is 10.0. The van der Waals surface area contributed by atoms with E-state index in [2.05, 4.69) is 25.7 Å². The van der Waals surface area contributed by atoms with Crippen molar-refractivity contribution < 1.29 is 24.2 Å². The van der Waals surface area contributed by atoms with Crippen LogP contribution in [0, 0.1) is 5.92 Å². The molecule has 0 aromatic carbocycles. The Hall–Kier alpha value is -1.14. The Morgan fingerprint density at radius 3 is 1.23 bits per heavy atom. The molecule has 0 aliphatic rings. The first-order valence-electron chi connectivity index (χ1n) is 19.3. The van der Waals surface area contributed by atoms with Crippen molar-refractivity contribution in [1.29, 1.82) is 0 Å². The number of carbonyl (C=O) groups is 2. The lowest BCUT2D eigenvalue weighted by molar-refractivity contribution is -0.162. The Balaban J connectivity index is 4.46. The predicted octanol–water partition coefficient (Wildman–Crippen LogP) is 10.2. The number of aliphatic hydroxyl groups excluding tert-OH is 1. The van der Waals surface area contributed by atoms with Crippen molar-refractivity contribution >= 4 is 11.9 Å². The van der Waals surface area contributed by atoms with E-state index in [0.29, 0.717) is 19.6 Å². The van der Waals surface area contributed by atoms with Crippen LogP contribution in [0.4, 0.5) is 0 Å². The molecule has 0 aromatic rings. The van der Waals surface area contributed by atoms with Gasteiger partial charge < -0.3 is 19.5 Å². The molecule has 0 rings (SSSR count). The van der Waals surface area contributed by atoms with Gasteiger partial charge in [0.2, 0.25) is 0 Å². The number of hydrogen-bond donors (Lipinski definition) is 1. The Bertz CT molecular complexity index is 584. The topological polar surface area (TPSA) is 76.1 Å². The van der Waals surface area contributed by atoms with Crippen molar-refractivity contribution in [3.05, 3.63) is 0 Å². The molecule has 0 fully saturated rings. The smallest absolute Gasteiger partial charge is 0.320 e. The molecule has 0 unspecified atom stereocenters. The molecular formula is C38H75NO5. The van der Waals surface area contributed by atoms with E-state index < -0.39 is 17.9 Å². The molecule has 262 valence electrons. The quantitative estimate of drug-likeness (QED) is 0.0429. The average molecular weight is 626 g/mol. The van der Waals surface area contributed by atoms with Crippen molar-refractivity contribution in [2.45, 2.75) is 188 Å². The molecular weight excluding hydrogens is 550 g/mol. The lowest BCUT2D eigenvalue weighted by Crippen LogP contribution is -2.29. The average Bonchev–Trinajstić information content (AvgIpc) is 3.02. The third-order valence-corrected chi connectivity index (χ3v) is 8.73. The molecule has 6 nitrogen and oxygen atoms in total. The van der Waals surface area contributed by atoms with Crippen LogP contribution in [0.1, 0.15) is 188 Å². The summed E-state index contributed by atoms with van der Waals surface area (Å²) in [5.41, 5.74) is 0. The molecule has 1 N–H and O–H groups in total. The van der Waals surface area contributed by atoms with Gasteiger partial charge in [-0.15, -0.1) is 0 Å². The van der Waals surface area contributed by atoms with E-state index in [1.807, 2.05) is 0 Å². The Labute approximate surface area is 273 Å². The van der Waals surface area contributed by atoms with Crippen LogP contribution in [-0.4, -0.2) is 61.4 Å². The fraction of sp³-hybridized carbons (Fsp3) is 0.947. The van der Waals surface area contributed by atoms with Gasteiger partial charge in [0, 0.05) is 13.2 Å². The maximum atomic E-state index is 12.9. The number of aliphatic hydroxyl groups is 1. The number of unbranched alkanes of at least 4 members (excludes halogenated alkanes) is 20. The molecule has 0 spiro atoms. The van der Waals surface area contributed by atoms with Crippen LogP contribution in [0.25, 0.3) is 0 Å². The van der Waals surface area contributed by atoms with Crippen LogP contribution < -0.4 is 0 Å². The van der Waals surface area contributed by atoms with E-state index in [9.17, 15) is 14.7 Å². The number of carbonyl (C=O) groups excluding carboxylic acids is 2. The summed E-state index contributed by atoms with van der Waals surface area (Å²) >= 11 is 0. The molecule has 0 saturated heterocycles. The summed E-state index contributed by atoms with van der Waals surface area (Å²) in [4.78, 5) is 28.3. The number of nitrogens with zero attached hydrogens (tertiary/aromatic N) is 1. The zero-order valence-electron chi connectivity index (χ0n) is 29.7. The van der Waals surface area contributed by atoms with Gasteiger partial charge in [0.25, 0.3) is 0 Å². The summed E-state index contributed by atoms with van der Waals surface area (Å²) in [7, 11) is 0. The van der Waals surface area contributed by atoms with Gasteiger partial charge >= 0.3 is 11.9 Å². The van der Waals surface area contributed by atoms with Crippen molar-refractivity contribution in [1.82, 2.24) is 4.90 Å². The van der Waals surface area contributed by atoms with E-state index in [1.54, 1.807) is 0 Å². The van der Waals surface area contributed by atoms with E-state index in [1.165, 1.54) is 103 Å². The molecule has 6 heteroatoms. The van der Waals surface area contributed by atoms with Crippen LogP contribution >= 0.6 is 0 Å². The van der Waals surface area contributed by atoms with Gasteiger partial charge in [0.15, 0.2) is 5.92 Å². The molecule has 0 amide bonds. The van der Waals surface area contributed by atoms with Gasteiger partial charge in [-0.25, -0.2) is 0 Å². The maximum absolute atomic E-state index is 12.9. The van der Waals surface area contributed by atoms with E-state index in [4.69, 9.17) is 9.47 Å². The monoisotopic (exact) mass is 626 g/mol. The minimum absolute atomic E-state index is 0.249. The molecule has 0 aliphatic carbocycles. The molecule has 0 aromatic heterocycles. The molecule has 0 aliphatic heterocycles. The third-order valence-electron chi connectivity index (χ3n) is 8.73. The van der Waals surface area contributed by atoms with Gasteiger partial charge in [0.1, 0.15) is 0 Å². The second-order valence-electron chi connectivity index (χ2n) is 13.0. The maximum Gasteiger partial charge on any atom is 0.320 e. The summed E-state index contributed by atoms with van der Waals surface area (Å²) in [6, 6.07) is 0. The van der Waals surface area contributed by atoms with E-state index in [-0.39, 0.29) is 6.61 Å². The number of hydrogen-bond acceptors (Lipinski definition) is 6. The van der Waals surface area contributed by atoms with Gasteiger partial charge in [-0.2, -0.15) is 0 Å². The van der Waals surface area contributed by atoms with Gasteiger partial charge in [-0.1, -0.05) is 149 Å². The van der Waals surface area contributed by atoms with E-state index in [0.717, 1.165) is 77.4 Å². The van der Waals surface area contributed by atoms with Crippen molar-refractivity contribution in [3.63, 3.8) is 0 Å². The highest BCUT2D eigenvalue weighted by molar-refractivity contribution is 5.94. The zero-order valence-corrected chi connectivity index (χ0v) is 29.7. The van der Waals surface area contributed by atoms with Gasteiger partial charge in [-0.05, 0) is 51.6 Å². The van der Waals surface area contributed by atoms with Crippen LogP contribution in [0.15, 0.2) is 0 Å². The van der Waals surface area contributed by atoms with Crippen LogP contribution in [-0.2, 0) is 19.1 Å². The fourth-order valence-electron chi connectivity index (χ4n) is 5.78. The van der Waals surface area contributed by atoms with Crippen LogP contribution in [0.2, 0.25) is 0 Å². The fourth-order valence-corrected chi connectivity index (χ4v) is 5.78. The van der Waals surface area contributed by atoms with Crippen LogP contribution in [0.5, 0.6) is 0 Å². The highest BCUT2D eigenvalue weighted by Crippen LogP contribution is 2.17. The minimum Gasteiger partial charge on any atom is -0.465 e. The normalized spacial score (nSPS) is 11.5. The number of esters is 2. The van der Waals surface area contributed by atoms with Gasteiger partial charge in [-0.3, -0.25) is 9.59 Å². The molecule has 0 heterocycles. The summed E-state index contributed by atoms with van der Waals surface area (Å²) in [6.07, 6.45) is 29.6. The van der Waals surface area contributed by atoms with Crippen molar-refractivity contribution in [3.8, 4) is 0 Å². The number of ether oxygens (including phenoxy) is 2. The molecule has 0 atom stereocenters. The summed E-state index contributed by atoms with van der Waals surface area (Å²) in [6.45, 7) is 10.9. The lowest BCUT2D eigenvalue weighted by Gasteiger charge is -2.22. The highest BCUT2D eigenvalue weighted by atomic mass is 16.6. The largest absolute Gasteiger partial charge is 0.465 e. The molecule has 0 saturated carbocycles. The Morgan fingerprint density at radius 1 is 0.477 bits per heavy atom. The highest BCUT2D eigenvalue weighted by Gasteiger charge is 2.29. The third kappa shape index (κ3) is 28.3. The minimum atomic E-state index is -0.793. The first-order valence-corrected chi connectivity index (χ1v) is 19.3. The summed E-state index contributed by atoms with van der Waals surface area (Å²) in [5, 5.41) is 9.33. The molecule has 0 bridgehead atoms. The molecule has 44 heavy (non-hydrogen) atoms. The standard InChI is InChI=1S/C38H75NO5/c1-4-7-10-13-16-17-19-24-30-39(32-28-33-40)31-25-20-18-23-29-36(37(41)43-34-26-21-14-11-8-5-2)38(42)44-35-27-22-15-12-9-6-3/h36,40H,4-35H2,1-3H3. The zero-order chi connectivity index (χ0) is 32.4. The van der Waals surface area contributed by atoms with Gasteiger partial charge in [0.05, 0.1) is 13.2 Å². The SMILES string of the molecule is CCCCCCCCCCN(CCCO)CCCCCCC(C(=O)OCCCCCCCC)C(=O)OCCCCCCCC. The second kappa shape index (κ2) is 34.7. The van der Waals surface area contributed by atoms with Crippen molar-refractivity contribution in [2.75, 3.05) is 39.5 Å². The molecule has 0 radical (unpaired) electrons. The second-order valence-corrected chi connectivity index (χ2v) is 13.0. The first kappa shape index (κ1) is 42.9. The van der Waals surface area contributed by atoms with Crippen molar-refractivity contribution in [2.24, 2.45) is 5.92 Å². The Morgan fingerprint density at radius 2 is 0.818 bits per heavy atom. The number of rotatable bonds is 35. The summed E-state index contributed by atoms with van der Waals surface area (Å²) in [5.74, 6) is -1.59. The predicted molar refractivity (Wildman–Crippen MR) is 186 cm³/mol. The van der Waals surface area contributed by atoms with Crippen LogP contribution in [0.3, 0.4) is 0 Å². The van der Waals surface area contributed by atoms with E-state index >= 15 is 0 Å².